The number of benzene rings is 2. The molecule has 4 rings (SSSR count). The molecule has 2 aliphatic rings. The average Bonchev–Trinajstić information content (AvgIpc) is 3.08. The summed E-state index contributed by atoms with van der Waals surface area (Å²) in [5.74, 6) is -0.0404. The lowest BCUT2D eigenvalue weighted by molar-refractivity contribution is -0.144. The third kappa shape index (κ3) is 3.69. The molecule has 2 saturated heterocycles. The summed E-state index contributed by atoms with van der Waals surface area (Å²) in [5, 5.41) is 12.1. The maximum atomic E-state index is 12.2. The topological polar surface area (TPSA) is 60.9 Å². The molecule has 142 valence electrons. The van der Waals surface area contributed by atoms with Crippen LogP contribution in [0.3, 0.4) is 0 Å². The number of carbonyl (C=O) groups is 2. The monoisotopic (exact) mass is 366 g/mol. The van der Waals surface area contributed by atoms with Crippen LogP contribution in [0.15, 0.2) is 42.5 Å². The highest BCUT2D eigenvalue weighted by molar-refractivity contribution is 5.90. The molecule has 27 heavy (non-hydrogen) atoms. The number of rotatable bonds is 5. The Bertz CT molecular complexity index is 837. The van der Waals surface area contributed by atoms with E-state index in [1.54, 1.807) is 0 Å². The fourth-order valence-corrected chi connectivity index (χ4v) is 4.58. The van der Waals surface area contributed by atoms with Crippen molar-refractivity contribution in [3.05, 3.63) is 48.0 Å². The van der Waals surface area contributed by atoms with Gasteiger partial charge >= 0.3 is 5.97 Å². The standard InChI is InChI=1S/C22H26N2O3/c25-20-9-4-12-24(20)15-16-10-13-23(14-11-16)21(22(26)27)19-8-3-6-17-5-1-2-7-18(17)19/h1-3,5-8,16,21H,4,9-15H2,(H,26,27). The van der Waals surface area contributed by atoms with Gasteiger partial charge in [0.2, 0.25) is 5.91 Å². The number of carboxylic acid groups (broad SMARTS) is 1. The zero-order valence-electron chi connectivity index (χ0n) is 15.5. The lowest BCUT2D eigenvalue weighted by atomic mass is 9.92. The summed E-state index contributed by atoms with van der Waals surface area (Å²) in [6.45, 7) is 3.23. The maximum absolute atomic E-state index is 12.2. The van der Waals surface area contributed by atoms with Crippen LogP contribution in [0.5, 0.6) is 0 Å². The summed E-state index contributed by atoms with van der Waals surface area (Å²) in [5.41, 5.74) is 0.869. The number of piperidine rings is 1. The minimum Gasteiger partial charge on any atom is -0.480 e. The third-order valence-corrected chi connectivity index (χ3v) is 6.02. The first-order chi connectivity index (χ1) is 13.1. The summed E-state index contributed by atoms with van der Waals surface area (Å²) in [6.07, 6.45) is 3.54. The van der Waals surface area contributed by atoms with E-state index in [1.807, 2.05) is 47.4 Å². The highest BCUT2D eigenvalue weighted by Crippen LogP contribution is 2.32. The molecule has 2 heterocycles. The molecule has 1 atom stereocenters. The third-order valence-electron chi connectivity index (χ3n) is 6.02. The molecule has 5 heteroatoms. The van der Waals surface area contributed by atoms with Gasteiger partial charge in [0.15, 0.2) is 0 Å². The minimum atomic E-state index is -0.792. The highest BCUT2D eigenvalue weighted by Gasteiger charge is 2.33. The van der Waals surface area contributed by atoms with E-state index in [0.717, 1.165) is 61.8 Å². The van der Waals surface area contributed by atoms with Crippen LogP contribution in [0.2, 0.25) is 0 Å². The summed E-state index contributed by atoms with van der Waals surface area (Å²) in [6, 6.07) is 13.3. The zero-order valence-corrected chi connectivity index (χ0v) is 15.5. The van der Waals surface area contributed by atoms with E-state index in [1.165, 1.54) is 0 Å². The summed E-state index contributed by atoms with van der Waals surface area (Å²) in [4.78, 5) is 28.1. The number of carboxylic acids is 1. The molecule has 0 saturated carbocycles. The van der Waals surface area contributed by atoms with Crippen molar-refractivity contribution in [2.45, 2.75) is 31.7 Å². The molecule has 2 aromatic rings. The Morgan fingerprint density at radius 2 is 1.81 bits per heavy atom. The van der Waals surface area contributed by atoms with Gasteiger partial charge in [0.25, 0.3) is 0 Å². The largest absolute Gasteiger partial charge is 0.480 e. The van der Waals surface area contributed by atoms with Crippen LogP contribution in [0.1, 0.15) is 37.3 Å². The highest BCUT2D eigenvalue weighted by atomic mass is 16.4. The lowest BCUT2D eigenvalue weighted by Gasteiger charge is -2.37. The van der Waals surface area contributed by atoms with Crippen LogP contribution in [0.25, 0.3) is 10.8 Å². The van der Waals surface area contributed by atoms with Crippen molar-refractivity contribution in [2.75, 3.05) is 26.2 Å². The van der Waals surface area contributed by atoms with E-state index in [4.69, 9.17) is 0 Å². The van der Waals surface area contributed by atoms with Crippen molar-refractivity contribution in [2.24, 2.45) is 5.92 Å². The van der Waals surface area contributed by atoms with Gasteiger partial charge in [0, 0.05) is 19.5 Å². The molecule has 0 spiro atoms. The van der Waals surface area contributed by atoms with Crippen LogP contribution in [0.4, 0.5) is 0 Å². The number of amides is 1. The average molecular weight is 366 g/mol. The molecular weight excluding hydrogens is 340 g/mol. The van der Waals surface area contributed by atoms with Crippen molar-refractivity contribution in [3.63, 3.8) is 0 Å². The Morgan fingerprint density at radius 3 is 2.52 bits per heavy atom. The molecule has 1 N–H and O–H groups in total. The molecule has 0 aliphatic carbocycles. The first kappa shape index (κ1) is 18.0. The number of fused-ring (bicyclic) bond motifs is 1. The van der Waals surface area contributed by atoms with Crippen molar-refractivity contribution < 1.29 is 14.7 Å². The van der Waals surface area contributed by atoms with Gasteiger partial charge in [-0.05, 0) is 54.6 Å². The number of likely N-dealkylation sites (tertiary alicyclic amines) is 2. The van der Waals surface area contributed by atoms with Crippen LogP contribution in [-0.2, 0) is 9.59 Å². The molecule has 2 aliphatic heterocycles. The van der Waals surface area contributed by atoms with Gasteiger partial charge in [-0.1, -0.05) is 42.5 Å². The fraction of sp³-hybridized carbons (Fsp3) is 0.455. The van der Waals surface area contributed by atoms with Crippen molar-refractivity contribution in [1.82, 2.24) is 9.80 Å². The van der Waals surface area contributed by atoms with Gasteiger partial charge in [0.1, 0.15) is 6.04 Å². The Kier molecular flexibility index (Phi) is 5.12. The second-order valence-electron chi connectivity index (χ2n) is 7.73. The Hall–Kier alpha value is -2.40. The SMILES string of the molecule is O=C(O)C(c1cccc2ccccc12)N1CCC(CN2CCCC2=O)CC1. The number of hydrogen-bond donors (Lipinski definition) is 1. The van der Waals surface area contributed by atoms with Gasteiger partial charge in [0.05, 0.1) is 0 Å². The van der Waals surface area contributed by atoms with Crippen LogP contribution >= 0.6 is 0 Å². The number of hydrogen-bond acceptors (Lipinski definition) is 3. The van der Waals surface area contributed by atoms with Gasteiger partial charge in [-0.25, -0.2) is 0 Å². The molecule has 1 amide bonds. The second kappa shape index (κ2) is 7.69. The smallest absolute Gasteiger partial charge is 0.325 e. The maximum Gasteiger partial charge on any atom is 0.325 e. The zero-order chi connectivity index (χ0) is 18.8. The van der Waals surface area contributed by atoms with Crippen LogP contribution in [-0.4, -0.2) is 53.0 Å². The number of aliphatic carboxylic acids is 1. The summed E-state index contributed by atoms with van der Waals surface area (Å²) < 4.78 is 0. The van der Waals surface area contributed by atoms with Crippen molar-refractivity contribution in [1.29, 1.82) is 0 Å². The lowest BCUT2D eigenvalue weighted by Crippen LogP contribution is -2.43. The molecule has 0 bridgehead atoms. The molecule has 1 unspecified atom stereocenters. The number of carbonyl (C=O) groups excluding carboxylic acids is 1. The predicted octanol–water partition coefficient (Wildman–Crippen LogP) is 3.30. The van der Waals surface area contributed by atoms with E-state index in [-0.39, 0.29) is 5.91 Å². The fourth-order valence-electron chi connectivity index (χ4n) is 4.58. The van der Waals surface area contributed by atoms with E-state index in [9.17, 15) is 14.7 Å². The minimum absolute atomic E-state index is 0.275. The van der Waals surface area contributed by atoms with Crippen molar-refractivity contribution in [3.8, 4) is 0 Å². The Morgan fingerprint density at radius 1 is 1.07 bits per heavy atom. The second-order valence-corrected chi connectivity index (χ2v) is 7.73. The molecule has 0 aromatic heterocycles. The molecule has 0 radical (unpaired) electrons. The molecule has 2 fully saturated rings. The molecular formula is C22H26N2O3. The normalized spacial score (nSPS) is 20.3. The summed E-state index contributed by atoms with van der Waals surface area (Å²) >= 11 is 0. The van der Waals surface area contributed by atoms with Gasteiger partial charge in [-0.3, -0.25) is 14.5 Å². The van der Waals surface area contributed by atoms with Crippen molar-refractivity contribution >= 4 is 22.6 Å². The van der Waals surface area contributed by atoms with E-state index in [2.05, 4.69) is 4.90 Å². The molecule has 5 nitrogen and oxygen atoms in total. The Balaban J connectivity index is 1.49. The van der Waals surface area contributed by atoms with Gasteiger partial charge < -0.3 is 10.0 Å². The van der Waals surface area contributed by atoms with Gasteiger partial charge in [-0.2, -0.15) is 0 Å². The van der Waals surface area contributed by atoms with E-state index < -0.39 is 12.0 Å². The van der Waals surface area contributed by atoms with Crippen LogP contribution in [0, 0.1) is 5.92 Å². The predicted molar refractivity (Wildman–Crippen MR) is 104 cm³/mol. The van der Waals surface area contributed by atoms with E-state index in [0.29, 0.717) is 12.3 Å². The Labute approximate surface area is 159 Å². The quantitative estimate of drug-likeness (QED) is 0.882. The molecule has 2 aromatic carbocycles. The van der Waals surface area contributed by atoms with E-state index >= 15 is 0 Å². The first-order valence-corrected chi connectivity index (χ1v) is 9.86. The summed E-state index contributed by atoms with van der Waals surface area (Å²) in [7, 11) is 0. The van der Waals surface area contributed by atoms with Gasteiger partial charge in [-0.15, -0.1) is 0 Å². The first-order valence-electron chi connectivity index (χ1n) is 9.86. The number of nitrogens with zero attached hydrogens (tertiary/aromatic N) is 2. The van der Waals surface area contributed by atoms with Crippen LogP contribution < -0.4 is 0 Å².